The molecule has 0 saturated carbocycles. The normalized spacial score (nSPS) is 10.5. The monoisotopic (exact) mass is 369 g/mol. The summed E-state index contributed by atoms with van der Waals surface area (Å²) in [6.07, 6.45) is 1.67. The third kappa shape index (κ3) is 4.10. The number of anilines is 1. The van der Waals surface area contributed by atoms with Crippen molar-refractivity contribution in [1.82, 2.24) is 9.88 Å². The zero-order valence-electron chi connectivity index (χ0n) is 13.8. The molecular formula is C16H20ClN3O3S. The molecule has 1 heterocycles. The molecule has 0 saturated heterocycles. The van der Waals surface area contributed by atoms with Gasteiger partial charge in [0.25, 0.3) is 5.91 Å². The molecule has 0 unspecified atom stereocenters. The summed E-state index contributed by atoms with van der Waals surface area (Å²) in [5.74, 6) is 0.101. The Bertz CT molecular complexity index is 717. The van der Waals surface area contributed by atoms with Crippen molar-refractivity contribution in [1.29, 1.82) is 0 Å². The number of carbonyl (C=O) groups is 1. The lowest BCUT2D eigenvalue weighted by Crippen LogP contribution is -2.30. The Kier molecular flexibility index (Phi) is 6.28. The Morgan fingerprint density at radius 2 is 2.12 bits per heavy atom. The van der Waals surface area contributed by atoms with E-state index in [9.17, 15) is 9.90 Å². The van der Waals surface area contributed by atoms with E-state index in [-0.39, 0.29) is 17.4 Å². The molecule has 1 amide bonds. The summed E-state index contributed by atoms with van der Waals surface area (Å²) in [6.45, 7) is 5.50. The van der Waals surface area contributed by atoms with Crippen molar-refractivity contribution in [3.63, 3.8) is 0 Å². The summed E-state index contributed by atoms with van der Waals surface area (Å²) >= 11 is 7.16. The minimum atomic E-state index is -0.109. The van der Waals surface area contributed by atoms with Gasteiger partial charge in [-0.2, -0.15) is 0 Å². The molecule has 8 heteroatoms. The molecule has 0 bridgehead atoms. The third-order valence-electron chi connectivity index (χ3n) is 3.57. The molecular weight excluding hydrogens is 350 g/mol. The first-order valence-electron chi connectivity index (χ1n) is 7.54. The van der Waals surface area contributed by atoms with Crippen LogP contribution in [0.4, 0.5) is 5.69 Å². The van der Waals surface area contributed by atoms with Crippen molar-refractivity contribution in [2.75, 3.05) is 25.5 Å². The van der Waals surface area contributed by atoms with Crippen molar-refractivity contribution in [3.8, 4) is 11.5 Å². The molecule has 2 N–H and O–H groups in total. The largest absolute Gasteiger partial charge is 0.503 e. The number of hydrogen-bond donors (Lipinski definition) is 2. The number of methoxy groups -OCH3 is 1. The standard InChI is InChI=1S/C16H20ClN3O3S/c1-4-20(5-2)15(22)10-6-12(14(21)13(7-10)23-3)18-8-11-9-19-16(17)24-11/h6-7,9,18,21H,4-5,8H2,1-3H3. The van der Waals surface area contributed by atoms with Gasteiger partial charge in [-0.3, -0.25) is 4.79 Å². The third-order valence-corrected chi connectivity index (χ3v) is 4.69. The van der Waals surface area contributed by atoms with Gasteiger partial charge in [-0.15, -0.1) is 11.3 Å². The lowest BCUT2D eigenvalue weighted by molar-refractivity contribution is 0.0772. The van der Waals surface area contributed by atoms with Crippen LogP contribution < -0.4 is 10.1 Å². The first kappa shape index (κ1) is 18.4. The van der Waals surface area contributed by atoms with Crippen LogP contribution in [-0.2, 0) is 6.54 Å². The van der Waals surface area contributed by atoms with E-state index in [1.165, 1.54) is 18.4 Å². The second-order valence-corrected chi connectivity index (χ2v) is 6.68. The maximum absolute atomic E-state index is 12.6. The molecule has 2 rings (SSSR count). The van der Waals surface area contributed by atoms with E-state index in [0.29, 0.717) is 35.4 Å². The topological polar surface area (TPSA) is 74.7 Å². The molecule has 130 valence electrons. The molecule has 24 heavy (non-hydrogen) atoms. The minimum Gasteiger partial charge on any atom is -0.503 e. The van der Waals surface area contributed by atoms with Crippen LogP contribution >= 0.6 is 22.9 Å². The number of rotatable bonds is 7. The van der Waals surface area contributed by atoms with Crippen molar-refractivity contribution in [2.24, 2.45) is 0 Å². The minimum absolute atomic E-state index is 0.0378. The first-order valence-corrected chi connectivity index (χ1v) is 8.73. The highest BCUT2D eigenvalue weighted by Gasteiger charge is 2.18. The smallest absolute Gasteiger partial charge is 0.254 e. The quantitative estimate of drug-likeness (QED) is 0.729. The van der Waals surface area contributed by atoms with Gasteiger partial charge in [0.2, 0.25) is 0 Å². The van der Waals surface area contributed by atoms with Gasteiger partial charge >= 0.3 is 0 Å². The van der Waals surface area contributed by atoms with E-state index in [0.717, 1.165) is 4.88 Å². The van der Waals surface area contributed by atoms with Crippen LogP contribution in [0.25, 0.3) is 0 Å². The number of phenolic OH excluding ortho intramolecular Hbond substituents is 1. The lowest BCUT2D eigenvalue weighted by Gasteiger charge is -2.20. The number of aromatic hydroxyl groups is 1. The first-order chi connectivity index (χ1) is 11.5. The maximum Gasteiger partial charge on any atom is 0.254 e. The SMILES string of the molecule is CCN(CC)C(=O)c1cc(NCc2cnc(Cl)s2)c(O)c(OC)c1. The van der Waals surface area contributed by atoms with Gasteiger partial charge < -0.3 is 20.1 Å². The van der Waals surface area contributed by atoms with Gasteiger partial charge in [-0.1, -0.05) is 11.6 Å². The Labute approximate surface area is 150 Å². The fraction of sp³-hybridized carbons (Fsp3) is 0.375. The summed E-state index contributed by atoms with van der Waals surface area (Å²) < 4.78 is 5.65. The zero-order chi connectivity index (χ0) is 17.7. The summed E-state index contributed by atoms with van der Waals surface area (Å²) in [5.41, 5.74) is 0.882. The Balaban J connectivity index is 2.29. The van der Waals surface area contributed by atoms with Gasteiger partial charge in [0.15, 0.2) is 16.0 Å². The summed E-state index contributed by atoms with van der Waals surface area (Å²) in [5, 5.41) is 13.4. The van der Waals surface area contributed by atoms with Crippen molar-refractivity contribution >= 4 is 34.5 Å². The van der Waals surface area contributed by atoms with E-state index in [2.05, 4.69) is 10.3 Å². The Morgan fingerprint density at radius 1 is 1.42 bits per heavy atom. The molecule has 0 aliphatic carbocycles. The highest BCUT2D eigenvalue weighted by Crippen LogP contribution is 2.36. The van der Waals surface area contributed by atoms with E-state index in [1.54, 1.807) is 23.2 Å². The van der Waals surface area contributed by atoms with Crippen molar-refractivity contribution in [2.45, 2.75) is 20.4 Å². The summed E-state index contributed by atoms with van der Waals surface area (Å²) in [7, 11) is 1.45. The molecule has 1 aromatic heterocycles. The van der Waals surface area contributed by atoms with Crippen LogP contribution in [0.1, 0.15) is 29.1 Å². The van der Waals surface area contributed by atoms with Gasteiger partial charge in [-0.05, 0) is 26.0 Å². The average Bonchev–Trinajstić information content (AvgIpc) is 3.00. The van der Waals surface area contributed by atoms with E-state index in [4.69, 9.17) is 16.3 Å². The molecule has 6 nitrogen and oxygen atoms in total. The second-order valence-electron chi connectivity index (χ2n) is 4.99. The number of phenols is 1. The summed E-state index contributed by atoms with van der Waals surface area (Å²) in [6, 6.07) is 3.17. The molecule has 0 radical (unpaired) electrons. The molecule has 0 aliphatic heterocycles. The van der Waals surface area contributed by atoms with E-state index >= 15 is 0 Å². The number of hydrogen-bond acceptors (Lipinski definition) is 6. The predicted molar refractivity (Wildman–Crippen MR) is 96.4 cm³/mol. The number of nitrogens with one attached hydrogen (secondary N) is 1. The van der Waals surface area contributed by atoms with E-state index in [1.807, 2.05) is 13.8 Å². The second kappa shape index (κ2) is 8.21. The average molecular weight is 370 g/mol. The van der Waals surface area contributed by atoms with Gasteiger partial charge in [0.05, 0.1) is 19.3 Å². The number of benzene rings is 1. The van der Waals surface area contributed by atoms with Crippen LogP contribution in [-0.4, -0.2) is 41.1 Å². The molecule has 0 aliphatic rings. The maximum atomic E-state index is 12.6. The number of halogens is 1. The Morgan fingerprint density at radius 3 is 2.67 bits per heavy atom. The summed E-state index contributed by atoms with van der Waals surface area (Å²) in [4.78, 5) is 19.1. The number of ether oxygens (including phenoxy) is 1. The molecule has 0 atom stereocenters. The number of nitrogens with zero attached hydrogens (tertiary/aromatic N) is 2. The number of amides is 1. The Hall–Kier alpha value is -1.99. The van der Waals surface area contributed by atoms with Gasteiger partial charge in [0, 0.05) is 29.7 Å². The number of carbonyl (C=O) groups excluding carboxylic acids is 1. The number of aromatic nitrogens is 1. The fourth-order valence-corrected chi connectivity index (χ4v) is 3.18. The molecule has 1 aromatic carbocycles. The van der Waals surface area contributed by atoms with Crippen molar-refractivity contribution in [3.05, 3.63) is 33.2 Å². The fourth-order valence-electron chi connectivity index (χ4n) is 2.26. The molecule has 0 fully saturated rings. The van der Waals surface area contributed by atoms with Crippen LogP contribution in [0, 0.1) is 0 Å². The van der Waals surface area contributed by atoms with Gasteiger partial charge in [0.1, 0.15) is 0 Å². The van der Waals surface area contributed by atoms with Crippen LogP contribution in [0.3, 0.4) is 0 Å². The number of thiazole rings is 1. The van der Waals surface area contributed by atoms with Crippen LogP contribution in [0.2, 0.25) is 4.47 Å². The zero-order valence-corrected chi connectivity index (χ0v) is 15.4. The van der Waals surface area contributed by atoms with E-state index < -0.39 is 0 Å². The van der Waals surface area contributed by atoms with Crippen molar-refractivity contribution < 1.29 is 14.6 Å². The highest BCUT2D eigenvalue weighted by molar-refractivity contribution is 7.15. The highest BCUT2D eigenvalue weighted by atomic mass is 35.5. The van der Waals surface area contributed by atoms with Crippen LogP contribution in [0.15, 0.2) is 18.3 Å². The molecule has 0 spiro atoms. The van der Waals surface area contributed by atoms with Crippen LogP contribution in [0.5, 0.6) is 11.5 Å². The lowest BCUT2D eigenvalue weighted by atomic mass is 10.1. The molecule has 2 aromatic rings. The predicted octanol–water partition coefficient (Wildman–Crippen LogP) is 3.60. The van der Waals surface area contributed by atoms with Gasteiger partial charge in [-0.25, -0.2) is 4.98 Å².